The zero-order chi connectivity index (χ0) is 25.0. The smallest absolute Gasteiger partial charge is 0.407 e. The van der Waals surface area contributed by atoms with E-state index in [1.807, 2.05) is 31.2 Å². The third kappa shape index (κ3) is 5.50. The van der Waals surface area contributed by atoms with Gasteiger partial charge in [0.1, 0.15) is 12.1 Å². The molecule has 186 valence electrons. The first kappa shape index (κ1) is 24.8. The molecule has 2 aromatic carbocycles. The lowest BCUT2D eigenvalue weighted by atomic mass is 9.95. The van der Waals surface area contributed by atoms with E-state index in [9.17, 15) is 19.5 Å². The molecule has 2 aliphatic rings. The van der Waals surface area contributed by atoms with Crippen molar-refractivity contribution in [3.05, 3.63) is 59.7 Å². The first-order valence-corrected chi connectivity index (χ1v) is 12.5. The fourth-order valence-electron chi connectivity index (χ4n) is 5.04. The standard InChI is InChI=1S/C28H34N2O5/c1-3-4-9-19(16-25(31)30-28(2,26(32)33)18-14-15-18)29-27(34)35-17-24-22-12-7-5-10-20(22)21-11-6-8-13-23(21)24/h5-8,10-13,18-19,24H,3-4,9,14-17H2,1-2H3,(H,29,34)(H,30,31)(H,32,33)/t19-,28?/m1/s1. The molecule has 2 aromatic rings. The van der Waals surface area contributed by atoms with Crippen LogP contribution in [0.25, 0.3) is 11.1 Å². The number of ether oxygens (including phenoxy) is 1. The third-order valence-corrected chi connectivity index (χ3v) is 7.24. The maximum Gasteiger partial charge on any atom is 0.407 e. The maximum absolute atomic E-state index is 12.7. The summed E-state index contributed by atoms with van der Waals surface area (Å²) >= 11 is 0. The number of carboxylic acid groups (broad SMARTS) is 1. The molecule has 0 aliphatic heterocycles. The molecule has 0 spiro atoms. The number of rotatable bonds is 11. The third-order valence-electron chi connectivity index (χ3n) is 7.24. The van der Waals surface area contributed by atoms with E-state index in [1.54, 1.807) is 6.92 Å². The molecular weight excluding hydrogens is 444 g/mol. The van der Waals surface area contributed by atoms with Crippen LogP contribution in [-0.4, -0.2) is 41.3 Å². The van der Waals surface area contributed by atoms with E-state index >= 15 is 0 Å². The largest absolute Gasteiger partial charge is 0.480 e. The normalized spacial score (nSPS) is 17.0. The van der Waals surface area contributed by atoms with Crippen molar-refractivity contribution in [2.45, 2.75) is 69.9 Å². The minimum absolute atomic E-state index is 0.0137. The van der Waals surface area contributed by atoms with E-state index < -0.39 is 23.6 Å². The number of alkyl carbamates (subject to hydrolysis) is 1. The highest BCUT2D eigenvalue weighted by Crippen LogP contribution is 2.44. The second kappa shape index (κ2) is 10.5. The zero-order valence-electron chi connectivity index (χ0n) is 20.4. The van der Waals surface area contributed by atoms with Gasteiger partial charge in [-0.25, -0.2) is 9.59 Å². The van der Waals surface area contributed by atoms with E-state index in [0.29, 0.717) is 6.42 Å². The summed E-state index contributed by atoms with van der Waals surface area (Å²) in [4.78, 5) is 37.2. The van der Waals surface area contributed by atoms with Crippen LogP contribution in [0.15, 0.2) is 48.5 Å². The van der Waals surface area contributed by atoms with Crippen LogP contribution in [0.2, 0.25) is 0 Å². The number of amides is 2. The molecule has 3 N–H and O–H groups in total. The minimum atomic E-state index is -1.27. The Balaban J connectivity index is 1.37. The molecule has 2 amide bonds. The highest BCUT2D eigenvalue weighted by molar-refractivity contribution is 5.87. The number of carboxylic acids is 1. The Morgan fingerprint density at radius 1 is 1.06 bits per heavy atom. The number of nitrogens with one attached hydrogen (secondary N) is 2. The molecule has 0 heterocycles. The lowest BCUT2D eigenvalue weighted by Crippen LogP contribution is -2.55. The average Bonchev–Trinajstić information content (AvgIpc) is 3.65. The fraction of sp³-hybridized carbons (Fsp3) is 0.464. The number of unbranched alkanes of at least 4 members (excludes halogenated alkanes) is 1. The number of aliphatic carboxylic acids is 1. The van der Waals surface area contributed by atoms with Crippen molar-refractivity contribution in [3.63, 3.8) is 0 Å². The molecule has 2 aliphatic carbocycles. The van der Waals surface area contributed by atoms with Crippen LogP contribution < -0.4 is 10.6 Å². The summed E-state index contributed by atoms with van der Waals surface area (Å²) < 4.78 is 5.64. The van der Waals surface area contributed by atoms with Crippen LogP contribution in [0.5, 0.6) is 0 Å². The summed E-state index contributed by atoms with van der Waals surface area (Å²) in [6.07, 6.45) is 3.39. The summed E-state index contributed by atoms with van der Waals surface area (Å²) in [5, 5.41) is 15.2. The van der Waals surface area contributed by atoms with Crippen molar-refractivity contribution in [2.24, 2.45) is 5.92 Å². The van der Waals surface area contributed by atoms with Crippen LogP contribution in [0.1, 0.15) is 69.4 Å². The average molecular weight is 479 g/mol. The van der Waals surface area contributed by atoms with Gasteiger partial charge in [0.25, 0.3) is 0 Å². The van der Waals surface area contributed by atoms with Gasteiger partial charge in [-0.3, -0.25) is 4.79 Å². The molecule has 4 rings (SSSR count). The Kier molecular flexibility index (Phi) is 7.43. The second-order valence-electron chi connectivity index (χ2n) is 9.84. The molecule has 0 bridgehead atoms. The van der Waals surface area contributed by atoms with Gasteiger partial charge in [0, 0.05) is 18.4 Å². The SMILES string of the molecule is CCCC[C@H](CC(=O)NC(C)(C(=O)O)C1CC1)NC(=O)OCC1c2ccccc2-c2ccccc21. The Hall–Kier alpha value is -3.35. The monoisotopic (exact) mass is 478 g/mol. The highest BCUT2D eigenvalue weighted by Gasteiger charge is 2.48. The molecule has 1 saturated carbocycles. The number of hydrogen-bond donors (Lipinski definition) is 3. The number of carbonyl (C=O) groups is 3. The molecule has 0 saturated heterocycles. The van der Waals surface area contributed by atoms with Crippen LogP contribution in [0.3, 0.4) is 0 Å². The molecular formula is C28H34N2O5. The molecule has 0 radical (unpaired) electrons. The zero-order valence-corrected chi connectivity index (χ0v) is 20.4. The predicted octanol–water partition coefficient (Wildman–Crippen LogP) is 4.84. The lowest BCUT2D eigenvalue weighted by Gasteiger charge is -2.27. The van der Waals surface area contributed by atoms with E-state index in [1.165, 1.54) is 0 Å². The quantitative estimate of drug-likeness (QED) is 0.429. The Morgan fingerprint density at radius 2 is 1.66 bits per heavy atom. The Bertz CT molecular complexity index is 1050. The van der Waals surface area contributed by atoms with E-state index in [0.717, 1.165) is 47.9 Å². The number of fused-ring (bicyclic) bond motifs is 3. The molecule has 1 unspecified atom stereocenters. The summed E-state index contributed by atoms with van der Waals surface area (Å²) in [5.74, 6) is -1.49. The van der Waals surface area contributed by atoms with Gasteiger partial charge in [-0.1, -0.05) is 68.3 Å². The first-order valence-electron chi connectivity index (χ1n) is 12.5. The molecule has 7 nitrogen and oxygen atoms in total. The van der Waals surface area contributed by atoms with E-state index in [2.05, 4.69) is 34.9 Å². The van der Waals surface area contributed by atoms with Crippen LogP contribution in [0, 0.1) is 5.92 Å². The van der Waals surface area contributed by atoms with Crippen LogP contribution in [0.4, 0.5) is 4.79 Å². The van der Waals surface area contributed by atoms with Crippen molar-refractivity contribution >= 4 is 18.0 Å². The van der Waals surface area contributed by atoms with Gasteiger partial charge >= 0.3 is 12.1 Å². The summed E-state index contributed by atoms with van der Waals surface area (Å²) in [7, 11) is 0. The molecule has 0 aromatic heterocycles. The summed E-state index contributed by atoms with van der Waals surface area (Å²) in [6, 6.07) is 15.9. The molecule has 2 atom stereocenters. The van der Waals surface area contributed by atoms with Gasteiger partial charge in [-0.2, -0.15) is 0 Å². The Labute approximate surface area is 206 Å². The van der Waals surface area contributed by atoms with Gasteiger partial charge in [-0.15, -0.1) is 0 Å². The van der Waals surface area contributed by atoms with Crippen molar-refractivity contribution in [1.82, 2.24) is 10.6 Å². The van der Waals surface area contributed by atoms with Crippen LogP contribution >= 0.6 is 0 Å². The van der Waals surface area contributed by atoms with Gasteiger partial charge < -0.3 is 20.5 Å². The van der Waals surface area contributed by atoms with Crippen molar-refractivity contribution < 1.29 is 24.2 Å². The van der Waals surface area contributed by atoms with Gasteiger partial charge in [0.05, 0.1) is 0 Å². The van der Waals surface area contributed by atoms with E-state index in [-0.39, 0.29) is 30.8 Å². The van der Waals surface area contributed by atoms with Gasteiger partial charge in [-0.05, 0) is 54.4 Å². The van der Waals surface area contributed by atoms with Crippen LogP contribution in [-0.2, 0) is 14.3 Å². The predicted molar refractivity (Wildman–Crippen MR) is 133 cm³/mol. The highest BCUT2D eigenvalue weighted by atomic mass is 16.5. The number of hydrogen-bond acceptors (Lipinski definition) is 4. The molecule has 7 heteroatoms. The maximum atomic E-state index is 12.7. The Morgan fingerprint density at radius 3 is 2.20 bits per heavy atom. The summed E-state index contributed by atoms with van der Waals surface area (Å²) in [6.45, 7) is 3.80. The summed E-state index contributed by atoms with van der Waals surface area (Å²) in [5.41, 5.74) is 3.32. The van der Waals surface area contributed by atoms with Crippen molar-refractivity contribution in [3.8, 4) is 11.1 Å². The van der Waals surface area contributed by atoms with E-state index in [4.69, 9.17) is 4.74 Å². The molecule has 1 fully saturated rings. The topological polar surface area (TPSA) is 105 Å². The van der Waals surface area contributed by atoms with Gasteiger partial charge in [0.15, 0.2) is 0 Å². The number of carbonyl (C=O) groups excluding carboxylic acids is 2. The van der Waals surface area contributed by atoms with Crippen molar-refractivity contribution in [1.29, 1.82) is 0 Å². The first-order chi connectivity index (χ1) is 16.8. The lowest BCUT2D eigenvalue weighted by molar-refractivity contribution is -0.148. The minimum Gasteiger partial charge on any atom is -0.480 e. The fourth-order valence-corrected chi connectivity index (χ4v) is 5.04. The second-order valence-corrected chi connectivity index (χ2v) is 9.84. The van der Waals surface area contributed by atoms with Gasteiger partial charge in [0.2, 0.25) is 5.91 Å². The number of benzene rings is 2. The van der Waals surface area contributed by atoms with Crippen molar-refractivity contribution in [2.75, 3.05) is 6.61 Å². The molecule has 35 heavy (non-hydrogen) atoms.